The van der Waals surface area contributed by atoms with Crippen LogP contribution < -0.4 is 16.0 Å². The van der Waals surface area contributed by atoms with Crippen LogP contribution in [0, 0.1) is 22.7 Å². The van der Waals surface area contributed by atoms with E-state index in [2.05, 4.69) is 20.9 Å². The number of aromatic nitrogens is 1. The summed E-state index contributed by atoms with van der Waals surface area (Å²) in [5.74, 6) is -0.546. The second kappa shape index (κ2) is 8.19. The fourth-order valence-electron chi connectivity index (χ4n) is 2.28. The van der Waals surface area contributed by atoms with Gasteiger partial charge in [-0.15, -0.1) is 0 Å². The zero-order valence-corrected chi connectivity index (χ0v) is 15.2. The summed E-state index contributed by atoms with van der Waals surface area (Å²) in [7, 11) is 0. The van der Waals surface area contributed by atoms with E-state index >= 15 is 0 Å². The van der Waals surface area contributed by atoms with Crippen molar-refractivity contribution in [2.24, 2.45) is 0 Å². The molecule has 0 aliphatic heterocycles. The van der Waals surface area contributed by atoms with Crippen LogP contribution in [0.2, 0.25) is 0 Å². The fraction of sp³-hybridized carbons (Fsp3) is 0.176. The van der Waals surface area contributed by atoms with E-state index < -0.39 is 11.5 Å². The lowest BCUT2D eigenvalue weighted by molar-refractivity contribution is -0.145. The smallest absolute Gasteiger partial charge is 0.344 e. The lowest BCUT2D eigenvalue weighted by Crippen LogP contribution is -2.17. The summed E-state index contributed by atoms with van der Waals surface area (Å²) in [6, 6.07) is 8.43. The maximum absolute atomic E-state index is 12.1. The first-order chi connectivity index (χ1) is 12.4. The van der Waals surface area contributed by atoms with Crippen molar-refractivity contribution < 1.29 is 14.3 Å². The van der Waals surface area contributed by atoms with Gasteiger partial charge < -0.3 is 20.2 Å². The zero-order valence-electron chi connectivity index (χ0n) is 13.6. The van der Waals surface area contributed by atoms with Crippen molar-refractivity contribution in [2.45, 2.75) is 6.92 Å². The third-order valence-corrected chi connectivity index (χ3v) is 3.82. The number of pyridine rings is 1. The highest BCUT2D eigenvalue weighted by atomic mass is 79.9. The number of benzene rings is 1. The van der Waals surface area contributed by atoms with Crippen LogP contribution in [0.25, 0.3) is 11.1 Å². The number of carbonyl (C=O) groups excluding carboxylic acids is 1. The minimum Gasteiger partial charge on any atom is -0.481 e. The molecule has 132 valence electrons. The molecular weight excluding hydrogens is 404 g/mol. The number of H-pyrrole nitrogens is 1. The number of ether oxygens (including phenoxy) is 2. The number of rotatable bonds is 5. The summed E-state index contributed by atoms with van der Waals surface area (Å²) in [4.78, 5) is 25.9. The number of nitriles is 2. The summed E-state index contributed by atoms with van der Waals surface area (Å²) in [6.07, 6.45) is 0. The predicted octanol–water partition coefficient (Wildman–Crippen LogP) is 2.07. The van der Waals surface area contributed by atoms with Crippen LogP contribution in [0.5, 0.6) is 5.75 Å². The number of nitrogens with zero attached hydrogens (tertiary/aromatic N) is 2. The number of esters is 1. The molecule has 2 rings (SSSR count). The molecule has 2 aromatic rings. The maximum Gasteiger partial charge on any atom is 0.344 e. The van der Waals surface area contributed by atoms with Gasteiger partial charge in [-0.3, -0.25) is 4.79 Å². The van der Waals surface area contributed by atoms with Crippen molar-refractivity contribution in [2.75, 3.05) is 18.9 Å². The van der Waals surface area contributed by atoms with E-state index in [-0.39, 0.29) is 47.0 Å². The van der Waals surface area contributed by atoms with Gasteiger partial charge in [0.15, 0.2) is 6.61 Å². The molecule has 0 spiro atoms. The lowest BCUT2D eigenvalue weighted by Gasteiger charge is -2.14. The van der Waals surface area contributed by atoms with Gasteiger partial charge in [0.05, 0.1) is 6.61 Å². The fourth-order valence-corrected chi connectivity index (χ4v) is 2.64. The Bertz CT molecular complexity index is 1000. The van der Waals surface area contributed by atoms with Crippen molar-refractivity contribution >= 4 is 27.7 Å². The monoisotopic (exact) mass is 416 g/mol. The molecule has 0 fully saturated rings. The first kappa shape index (κ1) is 19.0. The topological polar surface area (TPSA) is 142 Å². The number of nitrogen functional groups attached to an aromatic ring is 1. The second-order valence-electron chi connectivity index (χ2n) is 4.95. The molecule has 8 nitrogen and oxygen atoms in total. The number of nitrogens with one attached hydrogen (secondary N) is 1. The molecule has 1 aromatic heterocycles. The van der Waals surface area contributed by atoms with Gasteiger partial charge in [-0.2, -0.15) is 10.5 Å². The van der Waals surface area contributed by atoms with Gasteiger partial charge in [0.2, 0.25) is 0 Å². The molecule has 0 radical (unpaired) electrons. The summed E-state index contributed by atoms with van der Waals surface area (Å²) in [5, 5.41) is 18.8. The molecule has 3 N–H and O–H groups in total. The molecular formula is C17H13BrN4O4. The SMILES string of the molecule is CCOC(=O)COc1ccc(Br)cc1-c1c(C#N)c(N)[nH]c(=O)c1C#N. The van der Waals surface area contributed by atoms with Gasteiger partial charge in [0.25, 0.3) is 5.56 Å². The van der Waals surface area contributed by atoms with Gasteiger partial charge in [0.1, 0.15) is 34.8 Å². The Morgan fingerprint density at radius 3 is 2.62 bits per heavy atom. The molecule has 0 aliphatic carbocycles. The van der Waals surface area contributed by atoms with Crippen molar-refractivity contribution in [3.05, 3.63) is 44.2 Å². The Kier molecular flexibility index (Phi) is 5.99. The van der Waals surface area contributed by atoms with Crippen LogP contribution in [0.3, 0.4) is 0 Å². The van der Waals surface area contributed by atoms with E-state index in [1.165, 1.54) is 0 Å². The van der Waals surface area contributed by atoms with Gasteiger partial charge in [-0.25, -0.2) is 4.79 Å². The quantitative estimate of drug-likeness (QED) is 0.709. The Morgan fingerprint density at radius 2 is 2.00 bits per heavy atom. The van der Waals surface area contributed by atoms with Crippen LogP contribution in [0.15, 0.2) is 27.5 Å². The van der Waals surface area contributed by atoms with Gasteiger partial charge in [-0.05, 0) is 25.1 Å². The summed E-state index contributed by atoms with van der Waals surface area (Å²) in [5.41, 5.74) is 4.96. The van der Waals surface area contributed by atoms with E-state index in [4.69, 9.17) is 15.2 Å². The van der Waals surface area contributed by atoms with E-state index in [9.17, 15) is 20.1 Å². The summed E-state index contributed by atoms with van der Waals surface area (Å²) >= 11 is 3.30. The van der Waals surface area contributed by atoms with E-state index in [1.54, 1.807) is 31.2 Å². The Balaban J connectivity index is 2.68. The second-order valence-corrected chi connectivity index (χ2v) is 5.87. The Labute approximate surface area is 156 Å². The predicted molar refractivity (Wildman–Crippen MR) is 96.2 cm³/mol. The first-order valence-corrected chi connectivity index (χ1v) is 8.16. The minimum absolute atomic E-state index is 0.0383. The number of nitrogens with two attached hydrogens (primary N) is 1. The summed E-state index contributed by atoms with van der Waals surface area (Å²) < 4.78 is 10.9. The number of anilines is 1. The minimum atomic E-state index is -0.727. The number of hydrogen-bond donors (Lipinski definition) is 2. The number of carbonyl (C=O) groups is 1. The highest BCUT2D eigenvalue weighted by Gasteiger charge is 2.22. The third-order valence-electron chi connectivity index (χ3n) is 3.33. The summed E-state index contributed by atoms with van der Waals surface area (Å²) in [6.45, 7) is 1.50. The molecule has 0 atom stereocenters. The average Bonchev–Trinajstić information content (AvgIpc) is 2.60. The molecule has 26 heavy (non-hydrogen) atoms. The average molecular weight is 417 g/mol. The third kappa shape index (κ3) is 3.85. The highest BCUT2D eigenvalue weighted by molar-refractivity contribution is 9.10. The van der Waals surface area contributed by atoms with E-state index in [0.29, 0.717) is 4.47 Å². The Morgan fingerprint density at radius 1 is 1.31 bits per heavy atom. The van der Waals surface area contributed by atoms with Crippen LogP contribution in [0.1, 0.15) is 18.1 Å². The standard InChI is InChI=1S/C17H13BrN4O4/c1-2-25-14(23)8-26-13-4-3-9(18)5-10(13)15-11(6-19)16(21)22-17(24)12(15)7-20/h3-5H,2,8H2,1H3,(H3,21,22,24). The number of hydrogen-bond acceptors (Lipinski definition) is 7. The number of aromatic amines is 1. The zero-order chi connectivity index (χ0) is 19.3. The molecule has 0 unspecified atom stereocenters. The van der Waals surface area contributed by atoms with Crippen LogP contribution >= 0.6 is 15.9 Å². The molecule has 9 heteroatoms. The van der Waals surface area contributed by atoms with Gasteiger partial charge in [-0.1, -0.05) is 15.9 Å². The molecule has 0 saturated heterocycles. The van der Waals surface area contributed by atoms with E-state index in [0.717, 1.165) is 0 Å². The van der Waals surface area contributed by atoms with Crippen molar-refractivity contribution in [1.82, 2.24) is 4.98 Å². The van der Waals surface area contributed by atoms with Crippen molar-refractivity contribution in [1.29, 1.82) is 10.5 Å². The highest BCUT2D eigenvalue weighted by Crippen LogP contribution is 2.37. The molecule has 0 amide bonds. The molecule has 0 aliphatic rings. The molecule has 0 saturated carbocycles. The van der Waals surface area contributed by atoms with Crippen LogP contribution in [-0.2, 0) is 9.53 Å². The first-order valence-electron chi connectivity index (χ1n) is 7.37. The largest absolute Gasteiger partial charge is 0.481 e. The molecule has 1 heterocycles. The van der Waals surface area contributed by atoms with E-state index in [1.807, 2.05) is 6.07 Å². The van der Waals surface area contributed by atoms with Gasteiger partial charge >= 0.3 is 5.97 Å². The van der Waals surface area contributed by atoms with Crippen LogP contribution in [0.4, 0.5) is 5.82 Å². The van der Waals surface area contributed by atoms with Crippen molar-refractivity contribution in [3.8, 4) is 29.0 Å². The van der Waals surface area contributed by atoms with Gasteiger partial charge in [0, 0.05) is 15.6 Å². The van der Waals surface area contributed by atoms with Crippen LogP contribution in [-0.4, -0.2) is 24.2 Å². The maximum atomic E-state index is 12.1. The molecule has 0 bridgehead atoms. The Hall–Kier alpha value is -3.30. The molecule has 1 aromatic carbocycles. The lowest BCUT2D eigenvalue weighted by atomic mass is 9.96. The normalized spacial score (nSPS) is 9.85. The number of halogens is 1. The van der Waals surface area contributed by atoms with Crippen molar-refractivity contribution in [3.63, 3.8) is 0 Å².